The van der Waals surface area contributed by atoms with Gasteiger partial charge in [0.25, 0.3) is 0 Å². The van der Waals surface area contributed by atoms with Gasteiger partial charge in [0.15, 0.2) is 17.5 Å². The molecule has 0 aliphatic rings. The van der Waals surface area contributed by atoms with E-state index in [1.165, 1.54) is 38.9 Å². The minimum atomic E-state index is 0.628. The molecule has 0 saturated carbocycles. The van der Waals surface area contributed by atoms with E-state index in [0.717, 1.165) is 33.4 Å². The van der Waals surface area contributed by atoms with E-state index in [-0.39, 0.29) is 0 Å². The maximum atomic E-state index is 5.06. The van der Waals surface area contributed by atoms with Gasteiger partial charge in [0.1, 0.15) is 0 Å². The third-order valence-electron chi connectivity index (χ3n) is 9.80. The molecule has 0 saturated heterocycles. The second kappa shape index (κ2) is 14.8. The van der Waals surface area contributed by atoms with E-state index >= 15 is 0 Å². The summed E-state index contributed by atoms with van der Waals surface area (Å²) in [4.78, 5) is 15.1. The Morgan fingerprint density at radius 3 is 0.833 bits per heavy atom. The van der Waals surface area contributed by atoms with Gasteiger partial charge in [-0.05, 0) is 61.7 Å². The maximum Gasteiger partial charge on any atom is 0.164 e. The second-order valence-corrected chi connectivity index (χ2v) is 13.3. The molecule has 0 aliphatic carbocycles. The van der Waals surface area contributed by atoms with Gasteiger partial charge in [-0.1, -0.05) is 206 Å². The first-order valence-corrected chi connectivity index (χ1v) is 18.2. The highest BCUT2D eigenvalue weighted by Gasteiger charge is 2.15. The third kappa shape index (κ3) is 6.87. The van der Waals surface area contributed by atoms with Crippen LogP contribution in [0.25, 0.3) is 89.8 Å². The monoisotopic (exact) mass is 689 g/mol. The van der Waals surface area contributed by atoms with Crippen molar-refractivity contribution in [2.45, 2.75) is 0 Å². The van der Waals surface area contributed by atoms with Gasteiger partial charge in [0.2, 0.25) is 0 Å². The first kappa shape index (κ1) is 32.7. The van der Waals surface area contributed by atoms with Crippen molar-refractivity contribution in [3.63, 3.8) is 0 Å². The molecule has 0 unspecified atom stereocenters. The van der Waals surface area contributed by atoms with E-state index < -0.39 is 0 Å². The van der Waals surface area contributed by atoms with Gasteiger partial charge in [0, 0.05) is 16.7 Å². The standard InChI is InChI=1S/C51H35N3/c1-5-13-36(14-6-1)39-21-27-43(28-22-39)49-52-50(44-29-23-40(24-30-44)37-15-7-2-8-16-37)54-51(53-49)45-31-25-42(26-32-45)47-34-33-46(38-17-9-3-10-18-38)35-48(47)41-19-11-4-12-20-41/h1-35H. The molecule has 54 heavy (non-hydrogen) atoms. The maximum absolute atomic E-state index is 5.06. The molecule has 0 radical (unpaired) electrons. The Balaban J connectivity index is 1.11. The lowest BCUT2D eigenvalue weighted by Crippen LogP contribution is -2.00. The summed E-state index contributed by atoms with van der Waals surface area (Å²) in [6, 6.07) is 74.2. The summed E-state index contributed by atoms with van der Waals surface area (Å²) in [6.45, 7) is 0. The lowest BCUT2D eigenvalue weighted by Gasteiger charge is -2.14. The van der Waals surface area contributed by atoms with Crippen LogP contribution in [-0.4, -0.2) is 15.0 Å². The van der Waals surface area contributed by atoms with E-state index in [2.05, 4.69) is 200 Å². The highest BCUT2D eigenvalue weighted by atomic mass is 15.0. The summed E-state index contributed by atoms with van der Waals surface area (Å²) < 4.78 is 0. The molecular formula is C51H35N3. The van der Waals surface area contributed by atoms with Crippen molar-refractivity contribution in [2.75, 3.05) is 0 Å². The van der Waals surface area contributed by atoms with E-state index in [9.17, 15) is 0 Å². The van der Waals surface area contributed by atoms with Crippen molar-refractivity contribution >= 4 is 0 Å². The smallest absolute Gasteiger partial charge is 0.164 e. The SMILES string of the molecule is c1ccc(-c2ccc(-c3nc(-c4ccc(-c5ccccc5)cc4)nc(-c4ccc(-c5ccc(-c6ccccc6)cc5-c5ccccc5)cc4)n3)cc2)cc1. The summed E-state index contributed by atoms with van der Waals surface area (Å²) in [5, 5.41) is 0. The summed E-state index contributed by atoms with van der Waals surface area (Å²) in [7, 11) is 0. The molecular weight excluding hydrogens is 655 g/mol. The van der Waals surface area contributed by atoms with Gasteiger partial charge in [-0.15, -0.1) is 0 Å². The molecule has 3 heteroatoms. The normalized spacial score (nSPS) is 11.0. The van der Waals surface area contributed by atoms with Crippen molar-refractivity contribution in [3.05, 3.63) is 212 Å². The van der Waals surface area contributed by atoms with Gasteiger partial charge in [0.05, 0.1) is 0 Å². The van der Waals surface area contributed by atoms with Gasteiger partial charge >= 0.3 is 0 Å². The first-order valence-electron chi connectivity index (χ1n) is 18.2. The Hall–Kier alpha value is -7.23. The average Bonchev–Trinajstić information content (AvgIpc) is 3.27. The van der Waals surface area contributed by atoms with Crippen molar-refractivity contribution in [1.29, 1.82) is 0 Å². The largest absolute Gasteiger partial charge is 0.208 e. The number of benzene rings is 8. The number of hydrogen-bond acceptors (Lipinski definition) is 3. The molecule has 0 amide bonds. The quantitative estimate of drug-likeness (QED) is 0.159. The summed E-state index contributed by atoms with van der Waals surface area (Å²) >= 11 is 0. The highest BCUT2D eigenvalue weighted by molar-refractivity contribution is 5.87. The predicted molar refractivity (Wildman–Crippen MR) is 223 cm³/mol. The van der Waals surface area contributed by atoms with Gasteiger partial charge in [-0.25, -0.2) is 15.0 Å². The molecule has 254 valence electrons. The minimum absolute atomic E-state index is 0.628. The topological polar surface area (TPSA) is 38.7 Å². The molecule has 0 spiro atoms. The lowest BCUT2D eigenvalue weighted by atomic mass is 9.91. The van der Waals surface area contributed by atoms with Crippen LogP contribution in [0.5, 0.6) is 0 Å². The van der Waals surface area contributed by atoms with Crippen LogP contribution < -0.4 is 0 Å². The Labute approximate surface area is 316 Å². The number of nitrogens with zero attached hydrogens (tertiary/aromatic N) is 3. The van der Waals surface area contributed by atoms with Crippen LogP contribution in [0.3, 0.4) is 0 Å². The minimum Gasteiger partial charge on any atom is -0.208 e. The van der Waals surface area contributed by atoms with E-state index in [0.29, 0.717) is 17.5 Å². The predicted octanol–water partition coefficient (Wildman–Crippen LogP) is 13.2. The van der Waals surface area contributed by atoms with Crippen LogP contribution in [0.2, 0.25) is 0 Å². The van der Waals surface area contributed by atoms with Gasteiger partial charge in [-0.3, -0.25) is 0 Å². The van der Waals surface area contributed by atoms with Crippen LogP contribution in [0.1, 0.15) is 0 Å². The van der Waals surface area contributed by atoms with Crippen molar-refractivity contribution < 1.29 is 0 Å². The average molecular weight is 690 g/mol. The van der Waals surface area contributed by atoms with Crippen molar-refractivity contribution in [1.82, 2.24) is 15.0 Å². The fourth-order valence-corrected chi connectivity index (χ4v) is 6.91. The Kier molecular flexibility index (Phi) is 8.94. The second-order valence-electron chi connectivity index (χ2n) is 13.3. The molecule has 0 atom stereocenters. The Morgan fingerprint density at radius 2 is 0.444 bits per heavy atom. The Morgan fingerprint density at radius 1 is 0.185 bits per heavy atom. The zero-order valence-electron chi connectivity index (χ0n) is 29.5. The molecule has 0 N–H and O–H groups in total. The molecule has 0 bridgehead atoms. The fourth-order valence-electron chi connectivity index (χ4n) is 6.91. The lowest BCUT2D eigenvalue weighted by molar-refractivity contribution is 1.07. The van der Waals surface area contributed by atoms with Gasteiger partial charge < -0.3 is 0 Å². The number of aromatic nitrogens is 3. The van der Waals surface area contributed by atoms with E-state index in [4.69, 9.17) is 15.0 Å². The van der Waals surface area contributed by atoms with Crippen LogP contribution >= 0.6 is 0 Å². The van der Waals surface area contributed by atoms with Crippen molar-refractivity contribution in [3.8, 4) is 89.8 Å². The fraction of sp³-hybridized carbons (Fsp3) is 0. The van der Waals surface area contributed by atoms with Crippen LogP contribution in [0, 0.1) is 0 Å². The zero-order chi connectivity index (χ0) is 36.1. The first-order chi connectivity index (χ1) is 26.7. The molecule has 0 fully saturated rings. The molecule has 9 aromatic rings. The molecule has 8 aromatic carbocycles. The zero-order valence-corrected chi connectivity index (χ0v) is 29.5. The molecule has 3 nitrogen and oxygen atoms in total. The Bertz CT molecular complexity index is 2540. The number of rotatable bonds is 8. The highest BCUT2D eigenvalue weighted by Crippen LogP contribution is 2.37. The van der Waals surface area contributed by atoms with Gasteiger partial charge in [-0.2, -0.15) is 0 Å². The summed E-state index contributed by atoms with van der Waals surface area (Å²) in [5.41, 5.74) is 14.5. The number of hydrogen-bond donors (Lipinski definition) is 0. The summed E-state index contributed by atoms with van der Waals surface area (Å²) in [6.07, 6.45) is 0. The molecule has 1 aromatic heterocycles. The summed E-state index contributed by atoms with van der Waals surface area (Å²) in [5.74, 6) is 1.89. The van der Waals surface area contributed by atoms with Crippen LogP contribution in [-0.2, 0) is 0 Å². The van der Waals surface area contributed by atoms with Crippen LogP contribution in [0.15, 0.2) is 212 Å². The van der Waals surface area contributed by atoms with Crippen molar-refractivity contribution in [2.24, 2.45) is 0 Å². The third-order valence-corrected chi connectivity index (χ3v) is 9.80. The van der Waals surface area contributed by atoms with E-state index in [1.807, 2.05) is 12.1 Å². The molecule has 0 aliphatic heterocycles. The van der Waals surface area contributed by atoms with E-state index in [1.54, 1.807) is 0 Å². The van der Waals surface area contributed by atoms with Crippen LogP contribution in [0.4, 0.5) is 0 Å². The molecule has 1 heterocycles. The molecule has 9 rings (SSSR count).